The molecule has 1 atom stereocenters. The molecule has 0 radical (unpaired) electrons. The predicted octanol–water partition coefficient (Wildman–Crippen LogP) is 2.72. The Morgan fingerprint density at radius 2 is 1.57 bits per heavy atom. The molecule has 0 unspecified atom stereocenters. The van der Waals surface area contributed by atoms with Crippen molar-refractivity contribution in [3.8, 4) is 0 Å². The first-order chi connectivity index (χ1) is 17.9. The second-order valence-electron chi connectivity index (χ2n) is 9.99. The lowest BCUT2D eigenvalue weighted by atomic mass is 10.0. The fraction of sp³-hybridized carbons (Fsp3) is 0.483. The molecule has 2 amide bonds. The number of nitrogens with two attached hydrogens (primary N) is 2. The fourth-order valence-electron chi connectivity index (χ4n) is 4.26. The van der Waals surface area contributed by atoms with Crippen LogP contribution >= 0.6 is 0 Å². The van der Waals surface area contributed by atoms with Crippen LogP contribution in [-0.4, -0.2) is 36.9 Å². The fourth-order valence-corrected chi connectivity index (χ4v) is 4.26. The van der Waals surface area contributed by atoms with Crippen LogP contribution in [0, 0.1) is 5.41 Å². The first-order valence-corrected chi connectivity index (χ1v) is 13.3. The number of carbonyl (C=O) groups excluding carboxylic acids is 3. The van der Waals surface area contributed by atoms with Gasteiger partial charge in [-0.2, -0.15) is 5.48 Å². The second-order valence-corrected chi connectivity index (χ2v) is 9.99. The second kappa shape index (κ2) is 14.5. The van der Waals surface area contributed by atoms with E-state index in [1.54, 1.807) is 0 Å². The summed E-state index contributed by atoms with van der Waals surface area (Å²) in [5.74, 6) is -1.22. The van der Waals surface area contributed by atoms with E-state index in [4.69, 9.17) is 16.3 Å². The molecule has 8 nitrogen and oxygen atoms in total. The van der Waals surface area contributed by atoms with Gasteiger partial charge in [-0.3, -0.25) is 9.59 Å². The monoisotopic (exact) mass is 508 g/mol. The van der Waals surface area contributed by atoms with Gasteiger partial charge in [0.05, 0.1) is 17.9 Å². The van der Waals surface area contributed by atoms with Gasteiger partial charge in [-0.1, -0.05) is 61.0 Å². The molecule has 3 rings (SSSR count). The average molecular weight is 509 g/mol. The summed E-state index contributed by atoms with van der Waals surface area (Å²) in [7, 11) is 0. The molecule has 2 aromatic rings. The lowest BCUT2D eigenvalue weighted by Crippen LogP contribution is -2.45. The van der Waals surface area contributed by atoms with Crippen molar-refractivity contribution in [2.45, 2.75) is 70.3 Å². The summed E-state index contributed by atoms with van der Waals surface area (Å²) in [6, 6.07) is 17.8. The minimum Gasteiger partial charge on any atom is -0.354 e. The highest BCUT2D eigenvalue weighted by Gasteiger charge is 2.52. The van der Waals surface area contributed by atoms with Crippen molar-refractivity contribution in [2.24, 2.45) is 16.9 Å². The van der Waals surface area contributed by atoms with Crippen LogP contribution in [-0.2, 0) is 38.5 Å². The van der Waals surface area contributed by atoms with Crippen molar-refractivity contribution in [2.75, 3.05) is 13.1 Å². The number of carbonyl (C=O) groups is 3. The number of hydrogen-bond donors (Lipinski definition) is 4. The summed E-state index contributed by atoms with van der Waals surface area (Å²) in [4.78, 5) is 42.2. The topological polar surface area (TPSA) is 137 Å². The molecule has 0 bridgehead atoms. The van der Waals surface area contributed by atoms with Gasteiger partial charge in [-0.25, -0.2) is 4.79 Å². The van der Waals surface area contributed by atoms with E-state index in [1.807, 2.05) is 24.3 Å². The Labute approximate surface area is 219 Å². The van der Waals surface area contributed by atoms with E-state index in [9.17, 15) is 14.4 Å². The van der Waals surface area contributed by atoms with Crippen molar-refractivity contribution < 1.29 is 19.2 Å². The lowest BCUT2D eigenvalue weighted by Gasteiger charge is -2.17. The zero-order chi connectivity index (χ0) is 26.5. The lowest BCUT2D eigenvalue weighted by molar-refractivity contribution is -0.163. The van der Waals surface area contributed by atoms with Gasteiger partial charge in [0.2, 0.25) is 5.91 Å². The highest BCUT2D eigenvalue weighted by atomic mass is 16.7. The molecule has 6 N–H and O–H groups in total. The highest BCUT2D eigenvalue weighted by molar-refractivity contribution is 5.85. The van der Waals surface area contributed by atoms with Crippen LogP contribution in [0.2, 0.25) is 0 Å². The van der Waals surface area contributed by atoms with Gasteiger partial charge in [0, 0.05) is 6.54 Å². The van der Waals surface area contributed by atoms with Crippen molar-refractivity contribution in [3.63, 3.8) is 0 Å². The van der Waals surface area contributed by atoms with Gasteiger partial charge < -0.3 is 21.6 Å². The number of hydroxylamine groups is 1. The smallest absolute Gasteiger partial charge is 0.340 e. The van der Waals surface area contributed by atoms with Crippen molar-refractivity contribution in [3.05, 3.63) is 71.3 Å². The molecule has 1 fully saturated rings. The van der Waals surface area contributed by atoms with Crippen LogP contribution in [0.15, 0.2) is 54.6 Å². The minimum absolute atomic E-state index is 0.118. The highest BCUT2D eigenvalue weighted by Crippen LogP contribution is 2.46. The number of unbranched alkanes of at least 4 members (excludes halogenated alkanes) is 2. The standard InChI is InChI=1S/C29H40N4O4/c30-18-7-6-15-25(31)27(35)32-21-29(16-17-29)28(36)37-33-26(34)20-24-14-8-13-23(19-24)12-5-4-11-22-9-2-1-3-10-22/h1-3,8-10,13-14,19,25H,4-7,11-12,15-18,20-21,30-31H2,(H,32,35)(H,33,34)/t25-/m0/s1. The summed E-state index contributed by atoms with van der Waals surface area (Å²) in [5.41, 5.74) is 16.2. The van der Waals surface area contributed by atoms with E-state index in [2.05, 4.69) is 41.1 Å². The number of rotatable bonds is 15. The maximum atomic E-state index is 12.5. The quantitative estimate of drug-likeness (QED) is 0.216. The number of hydrogen-bond acceptors (Lipinski definition) is 6. The molecule has 1 aliphatic rings. The molecule has 8 heteroatoms. The predicted molar refractivity (Wildman–Crippen MR) is 143 cm³/mol. The number of benzene rings is 2. The van der Waals surface area contributed by atoms with E-state index in [-0.39, 0.29) is 18.9 Å². The first kappa shape index (κ1) is 28.3. The maximum absolute atomic E-state index is 12.5. The van der Waals surface area contributed by atoms with Crippen molar-refractivity contribution in [1.82, 2.24) is 10.8 Å². The third-order valence-electron chi connectivity index (χ3n) is 6.83. The van der Waals surface area contributed by atoms with Gasteiger partial charge in [-0.05, 0) is 74.6 Å². The molecule has 37 heavy (non-hydrogen) atoms. The molecule has 1 saturated carbocycles. The van der Waals surface area contributed by atoms with E-state index in [0.717, 1.165) is 44.1 Å². The molecule has 1 aliphatic carbocycles. The normalized spacial score (nSPS) is 14.4. The van der Waals surface area contributed by atoms with Crippen LogP contribution in [0.1, 0.15) is 61.6 Å². The SMILES string of the molecule is NCCCC[C@H](N)C(=O)NCC1(C(=O)ONC(=O)Cc2cccc(CCCCc3ccccc3)c2)CC1. The first-order valence-electron chi connectivity index (χ1n) is 13.3. The van der Waals surface area contributed by atoms with Crippen LogP contribution < -0.4 is 22.3 Å². The zero-order valence-electron chi connectivity index (χ0n) is 21.5. The molecule has 0 saturated heterocycles. The molecular weight excluding hydrogens is 468 g/mol. The Morgan fingerprint density at radius 3 is 2.27 bits per heavy atom. The Balaban J connectivity index is 1.35. The molecule has 0 aromatic heterocycles. The van der Waals surface area contributed by atoms with Crippen LogP contribution in [0.4, 0.5) is 0 Å². The summed E-state index contributed by atoms with van der Waals surface area (Å²) >= 11 is 0. The Morgan fingerprint density at radius 1 is 0.892 bits per heavy atom. The van der Waals surface area contributed by atoms with Gasteiger partial charge >= 0.3 is 5.97 Å². The third-order valence-corrected chi connectivity index (χ3v) is 6.83. The molecule has 200 valence electrons. The molecule has 0 aliphatic heterocycles. The van der Waals surface area contributed by atoms with E-state index >= 15 is 0 Å². The third kappa shape index (κ3) is 9.63. The number of aryl methyl sites for hydroxylation is 2. The van der Waals surface area contributed by atoms with E-state index in [0.29, 0.717) is 25.8 Å². The molecule has 0 heterocycles. The average Bonchev–Trinajstić information content (AvgIpc) is 3.70. The summed E-state index contributed by atoms with van der Waals surface area (Å²) in [6.07, 6.45) is 7.62. The van der Waals surface area contributed by atoms with Crippen molar-refractivity contribution in [1.29, 1.82) is 0 Å². The van der Waals surface area contributed by atoms with Crippen LogP contribution in [0.3, 0.4) is 0 Å². The van der Waals surface area contributed by atoms with E-state index in [1.165, 1.54) is 11.1 Å². The Kier molecular flexibility index (Phi) is 11.1. The number of nitrogens with one attached hydrogen (secondary N) is 2. The van der Waals surface area contributed by atoms with Gasteiger partial charge in [0.15, 0.2) is 0 Å². The van der Waals surface area contributed by atoms with Gasteiger partial charge in [-0.15, -0.1) is 0 Å². The molecular formula is C29H40N4O4. The molecule has 2 aromatic carbocycles. The summed E-state index contributed by atoms with van der Waals surface area (Å²) < 4.78 is 0. The largest absolute Gasteiger partial charge is 0.354 e. The van der Waals surface area contributed by atoms with E-state index < -0.39 is 23.3 Å². The zero-order valence-corrected chi connectivity index (χ0v) is 21.5. The Bertz CT molecular complexity index is 1020. The van der Waals surface area contributed by atoms with Gasteiger partial charge in [0.25, 0.3) is 5.91 Å². The van der Waals surface area contributed by atoms with Crippen LogP contribution in [0.25, 0.3) is 0 Å². The number of amides is 2. The molecule has 0 spiro atoms. The van der Waals surface area contributed by atoms with Gasteiger partial charge in [0.1, 0.15) is 0 Å². The van der Waals surface area contributed by atoms with Crippen molar-refractivity contribution >= 4 is 17.8 Å². The summed E-state index contributed by atoms with van der Waals surface area (Å²) in [5, 5.41) is 2.75. The minimum atomic E-state index is -0.792. The van der Waals surface area contributed by atoms with Crippen LogP contribution in [0.5, 0.6) is 0 Å². The Hall–Kier alpha value is -3.23. The maximum Gasteiger partial charge on any atom is 0.340 e. The summed E-state index contributed by atoms with van der Waals surface area (Å²) in [6.45, 7) is 0.715.